The van der Waals surface area contributed by atoms with Crippen molar-refractivity contribution in [3.05, 3.63) is 40.8 Å². The number of hydrogen-bond donors (Lipinski definition) is 1. The molecule has 9 heteroatoms. The highest BCUT2D eigenvalue weighted by atomic mass is 32.2. The number of sulfonamides is 1. The van der Waals surface area contributed by atoms with E-state index >= 15 is 0 Å². The average molecular weight is 351 g/mol. The summed E-state index contributed by atoms with van der Waals surface area (Å²) in [4.78, 5) is 26.2. The van der Waals surface area contributed by atoms with E-state index in [1.165, 1.54) is 30.3 Å². The Morgan fingerprint density at radius 2 is 1.96 bits per heavy atom. The van der Waals surface area contributed by atoms with Gasteiger partial charge in [0.15, 0.2) is 0 Å². The fourth-order valence-electron chi connectivity index (χ4n) is 2.53. The van der Waals surface area contributed by atoms with Gasteiger partial charge in [-0.05, 0) is 24.3 Å². The first kappa shape index (κ1) is 16.5. The van der Waals surface area contributed by atoms with E-state index in [0.29, 0.717) is 30.6 Å². The summed E-state index contributed by atoms with van der Waals surface area (Å²) in [5, 5.41) is 0.522. The third-order valence-electron chi connectivity index (χ3n) is 3.88. The number of carbonyl (C=O) groups is 1. The number of amides is 2. The molecular weight excluding hydrogens is 334 g/mol. The van der Waals surface area contributed by atoms with Crippen molar-refractivity contribution in [2.75, 3.05) is 33.2 Å². The number of nitrogens with zero attached hydrogens (tertiary/aromatic N) is 2. The lowest BCUT2D eigenvalue weighted by atomic mass is 10.2. The van der Waals surface area contributed by atoms with E-state index in [-0.39, 0.29) is 17.5 Å². The number of benzene rings is 1. The van der Waals surface area contributed by atoms with Crippen LogP contribution in [0.2, 0.25) is 0 Å². The van der Waals surface area contributed by atoms with Crippen LogP contribution >= 0.6 is 0 Å². The van der Waals surface area contributed by atoms with Crippen molar-refractivity contribution in [3.63, 3.8) is 0 Å². The van der Waals surface area contributed by atoms with Crippen LogP contribution in [0.1, 0.15) is 0 Å². The Balaban J connectivity index is 1.70. The van der Waals surface area contributed by atoms with Gasteiger partial charge in [0, 0.05) is 44.7 Å². The van der Waals surface area contributed by atoms with Crippen LogP contribution < -0.4 is 10.3 Å². The largest absolute Gasteiger partial charge is 0.423 e. The minimum atomic E-state index is -3.71. The van der Waals surface area contributed by atoms with Gasteiger partial charge < -0.3 is 14.2 Å². The first-order valence-corrected chi connectivity index (χ1v) is 8.89. The molecule has 1 saturated heterocycles. The van der Waals surface area contributed by atoms with Gasteiger partial charge in [0.05, 0.1) is 4.90 Å². The summed E-state index contributed by atoms with van der Waals surface area (Å²) in [5.74, 6) is 0. The topological polar surface area (TPSA) is 99.9 Å². The third kappa shape index (κ3) is 3.26. The highest BCUT2D eigenvalue weighted by Crippen LogP contribution is 2.17. The van der Waals surface area contributed by atoms with Gasteiger partial charge in [-0.2, -0.15) is 0 Å². The first-order chi connectivity index (χ1) is 11.4. The third-order valence-corrected chi connectivity index (χ3v) is 5.34. The maximum absolute atomic E-state index is 12.3. The lowest BCUT2D eigenvalue weighted by Crippen LogP contribution is -2.37. The Kier molecular flexibility index (Phi) is 4.29. The number of carbonyl (C=O) groups excluding carboxylic acids is 1. The number of nitrogens with one attached hydrogen (secondary N) is 1. The second-order valence-electron chi connectivity index (χ2n) is 5.54. The summed E-state index contributed by atoms with van der Waals surface area (Å²) < 4.78 is 32.2. The second kappa shape index (κ2) is 6.25. The number of likely N-dealkylation sites (N-methyl/N-ethyl adjacent to an activating group) is 1. The van der Waals surface area contributed by atoms with Gasteiger partial charge in [-0.1, -0.05) is 0 Å². The lowest BCUT2D eigenvalue weighted by molar-refractivity contribution is 0.199. The summed E-state index contributed by atoms with van der Waals surface area (Å²) in [6.45, 7) is 1.67. The minimum absolute atomic E-state index is 0.0775. The molecule has 1 N–H and O–H groups in total. The summed E-state index contributed by atoms with van der Waals surface area (Å²) in [6.07, 6.45) is 0. The van der Waals surface area contributed by atoms with Crippen LogP contribution in [0.5, 0.6) is 0 Å². The molecule has 3 rings (SSSR count). The molecule has 0 bridgehead atoms. The highest BCUT2D eigenvalue weighted by Gasteiger charge is 2.25. The van der Waals surface area contributed by atoms with Crippen LogP contribution in [-0.2, 0) is 10.0 Å². The Hall–Kier alpha value is -2.39. The zero-order chi connectivity index (χ0) is 17.3. The van der Waals surface area contributed by atoms with Crippen LogP contribution in [0.15, 0.2) is 44.4 Å². The van der Waals surface area contributed by atoms with E-state index in [4.69, 9.17) is 4.42 Å². The molecule has 1 aromatic heterocycles. The van der Waals surface area contributed by atoms with Gasteiger partial charge in [-0.15, -0.1) is 0 Å². The molecule has 0 atom stereocenters. The number of fused-ring (bicyclic) bond motifs is 1. The molecule has 0 spiro atoms. The maximum atomic E-state index is 12.3. The van der Waals surface area contributed by atoms with E-state index in [2.05, 4.69) is 4.72 Å². The molecule has 2 amide bonds. The van der Waals surface area contributed by atoms with Gasteiger partial charge in [0.1, 0.15) is 5.58 Å². The molecule has 0 unspecified atom stereocenters. The first-order valence-electron chi connectivity index (χ1n) is 7.40. The monoisotopic (exact) mass is 351 g/mol. The fourth-order valence-corrected chi connectivity index (χ4v) is 3.58. The van der Waals surface area contributed by atoms with Crippen molar-refractivity contribution in [1.82, 2.24) is 14.5 Å². The molecular formula is C15H17N3O5S. The predicted molar refractivity (Wildman–Crippen MR) is 87.3 cm³/mol. The van der Waals surface area contributed by atoms with Crippen molar-refractivity contribution in [1.29, 1.82) is 0 Å². The molecule has 128 valence electrons. The van der Waals surface area contributed by atoms with Crippen LogP contribution in [0.25, 0.3) is 11.0 Å². The Bertz CT molecular complexity index is 938. The minimum Gasteiger partial charge on any atom is -0.423 e. The molecule has 0 saturated carbocycles. The summed E-state index contributed by atoms with van der Waals surface area (Å²) >= 11 is 0. The molecule has 24 heavy (non-hydrogen) atoms. The van der Waals surface area contributed by atoms with Crippen molar-refractivity contribution >= 4 is 27.0 Å². The van der Waals surface area contributed by atoms with Gasteiger partial charge >= 0.3 is 11.7 Å². The Morgan fingerprint density at radius 1 is 1.17 bits per heavy atom. The fraction of sp³-hybridized carbons (Fsp3) is 0.333. The smallest absolute Gasteiger partial charge is 0.336 e. The second-order valence-corrected chi connectivity index (χ2v) is 7.31. The zero-order valence-electron chi connectivity index (χ0n) is 13.1. The van der Waals surface area contributed by atoms with Gasteiger partial charge in [-0.25, -0.2) is 22.7 Å². The number of urea groups is 1. The lowest BCUT2D eigenvalue weighted by Gasteiger charge is -2.16. The van der Waals surface area contributed by atoms with E-state index in [0.717, 1.165) is 0 Å². The molecule has 2 heterocycles. The van der Waals surface area contributed by atoms with E-state index in [9.17, 15) is 18.0 Å². The van der Waals surface area contributed by atoms with Gasteiger partial charge in [-0.3, -0.25) is 0 Å². The standard InChI is InChI=1S/C15H17N3O5S/c1-17-8-9-18(15(17)20)7-6-16-24(21,22)12-3-4-13-11(10-12)2-5-14(19)23-13/h2-5,10,16H,6-9H2,1H3. The van der Waals surface area contributed by atoms with Crippen LogP contribution in [0.3, 0.4) is 0 Å². The normalized spacial score (nSPS) is 15.5. The van der Waals surface area contributed by atoms with Crippen LogP contribution in [0, 0.1) is 0 Å². The maximum Gasteiger partial charge on any atom is 0.336 e. The summed E-state index contributed by atoms with van der Waals surface area (Å²) in [5.41, 5.74) is -0.163. The van der Waals surface area contributed by atoms with E-state index < -0.39 is 15.6 Å². The molecule has 1 aliphatic rings. The summed E-state index contributed by atoms with van der Waals surface area (Å²) in [6, 6.07) is 6.91. The molecule has 8 nitrogen and oxygen atoms in total. The number of hydrogen-bond acceptors (Lipinski definition) is 5. The molecule has 1 aliphatic heterocycles. The zero-order valence-corrected chi connectivity index (χ0v) is 13.9. The predicted octanol–water partition coefficient (Wildman–Crippen LogP) is 0.439. The SMILES string of the molecule is CN1CCN(CCNS(=O)(=O)c2ccc3oc(=O)ccc3c2)C1=O. The van der Waals surface area contributed by atoms with Crippen molar-refractivity contribution in [2.24, 2.45) is 0 Å². The van der Waals surface area contributed by atoms with Gasteiger partial charge in [0.25, 0.3) is 0 Å². The summed E-state index contributed by atoms with van der Waals surface area (Å²) in [7, 11) is -2.00. The molecule has 1 aromatic carbocycles. The van der Waals surface area contributed by atoms with Crippen LogP contribution in [-0.4, -0.2) is 57.5 Å². The molecule has 2 aromatic rings. The van der Waals surface area contributed by atoms with Crippen molar-refractivity contribution in [3.8, 4) is 0 Å². The van der Waals surface area contributed by atoms with Crippen molar-refractivity contribution < 1.29 is 17.6 Å². The molecule has 0 radical (unpaired) electrons. The number of rotatable bonds is 5. The molecule has 1 fully saturated rings. The Labute approximate surface area is 138 Å². The van der Waals surface area contributed by atoms with Crippen molar-refractivity contribution in [2.45, 2.75) is 4.90 Å². The molecule has 0 aliphatic carbocycles. The quantitative estimate of drug-likeness (QED) is 0.788. The highest BCUT2D eigenvalue weighted by molar-refractivity contribution is 7.89. The average Bonchev–Trinajstić information content (AvgIpc) is 2.86. The van der Waals surface area contributed by atoms with E-state index in [1.54, 1.807) is 16.8 Å². The van der Waals surface area contributed by atoms with Gasteiger partial charge in [0.2, 0.25) is 10.0 Å². The van der Waals surface area contributed by atoms with E-state index in [1.807, 2.05) is 0 Å². The Morgan fingerprint density at radius 3 is 2.67 bits per heavy atom. The van der Waals surface area contributed by atoms with Crippen LogP contribution in [0.4, 0.5) is 4.79 Å².